The monoisotopic (exact) mass is 252 g/mol. The first-order valence-corrected chi connectivity index (χ1v) is 6.63. The van der Waals surface area contributed by atoms with Crippen molar-refractivity contribution < 1.29 is 9.21 Å². The van der Waals surface area contributed by atoms with Crippen LogP contribution in [-0.4, -0.2) is 24.4 Å². The number of carbonyl (C=O) groups excluding carboxylic acids is 1. The Labute approximate surface area is 109 Å². The van der Waals surface area contributed by atoms with Crippen molar-refractivity contribution in [1.82, 2.24) is 4.90 Å². The molecule has 4 nitrogen and oxygen atoms in total. The summed E-state index contributed by atoms with van der Waals surface area (Å²) in [5, 5.41) is 0. The molecule has 102 valence electrons. The summed E-state index contributed by atoms with van der Waals surface area (Å²) >= 11 is 0. The SMILES string of the molecule is CCC(CCN)CCC(=O)N(C)Cc1ccco1. The van der Waals surface area contributed by atoms with Gasteiger partial charge in [-0.05, 0) is 37.4 Å². The molecule has 0 spiro atoms. The topological polar surface area (TPSA) is 59.5 Å². The van der Waals surface area contributed by atoms with E-state index in [0.717, 1.165) is 25.0 Å². The Balaban J connectivity index is 2.31. The average molecular weight is 252 g/mol. The molecular weight excluding hydrogens is 228 g/mol. The molecule has 1 amide bonds. The molecule has 2 N–H and O–H groups in total. The number of furan rings is 1. The minimum absolute atomic E-state index is 0.168. The number of hydrogen-bond donors (Lipinski definition) is 1. The van der Waals surface area contributed by atoms with Crippen molar-refractivity contribution in [3.63, 3.8) is 0 Å². The van der Waals surface area contributed by atoms with Crippen LogP contribution in [0.25, 0.3) is 0 Å². The summed E-state index contributed by atoms with van der Waals surface area (Å²) in [7, 11) is 1.81. The Kier molecular flexibility index (Phi) is 6.50. The maximum absolute atomic E-state index is 11.9. The van der Waals surface area contributed by atoms with Crippen molar-refractivity contribution >= 4 is 5.91 Å². The van der Waals surface area contributed by atoms with E-state index in [1.807, 2.05) is 19.2 Å². The maximum Gasteiger partial charge on any atom is 0.222 e. The molecule has 1 aromatic rings. The molecule has 0 saturated heterocycles. The molecule has 1 rings (SSSR count). The van der Waals surface area contributed by atoms with Gasteiger partial charge in [0.25, 0.3) is 0 Å². The molecule has 1 atom stereocenters. The van der Waals surface area contributed by atoms with Crippen molar-refractivity contribution in [1.29, 1.82) is 0 Å². The van der Waals surface area contributed by atoms with E-state index in [1.165, 1.54) is 0 Å². The van der Waals surface area contributed by atoms with Crippen LogP contribution in [0, 0.1) is 5.92 Å². The summed E-state index contributed by atoms with van der Waals surface area (Å²) in [5.74, 6) is 1.55. The third-order valence-electron chi connectivity index (χ3n) is 3.32. The van der Waals surface area contributed by atoms with Crippen molar-refractivity contribution in [2.75, 3.05) is 13.6 Å². The number of nitrogens with zero attached hydrogens (tertiary/aromatic N) is 1. The highest BCUT2D eigenvalue weighted by molar-refractivity contribution is 5.75. The first-order valence-electron chi connectivity index (χ1n) is 6.63. The lowest BCUT2D eigenvalue weighted by molar-refractivity contribution is -0.131. The minimum Gasteiger partial charge on any atom is -0.467 e. The fourth-order valence-electron chi connectivity index (χ4n) is 2.03. The van der Waals surface area contributed by atoms with Crippen LogP contribution < -0.4 is 5.73 Å². The van der Waals surface area contributed by atoms with Crippen LogP contribution in [0.5, 0.6) is 0 Å². The van der Waals surface area contributed by atoms with E-state index in [0.29, 0.717) is 25.4 Å². The van der Waals surface area contributed by atoms with Gasteiger partial charge >= 0.3 is 0 Å². The highest BCUT2D eigenvalue weighted by Gasteiger charge is 2.13. The van der Waals surface area contributed by atoms with E-state index >= 15 is 0 Å². The Hall–Kier alpha value is -1.29. The summed E-state index contributed by atoms with van der Waals surface area (Å²) in [4.78, 5) is 13.7. The number of hydrogen-bond acceptors (Lipinski definition) is 3. The second-order valence-electron chi connectivity index (χ2n) is 4.72. The quantitative estimate of drug-likeness (QED) is 0.772. The van der Waals surface area contributed by atoms with E-state index in [-0.39, 0.29) is 5.91 Å². The Morgan fingerprint density at radius 3 is 2.83 bits per heavy atom. The lowest BCUT2D eigenvalue weighted by Gasteiger charge is -2.18. The summed E-state index contributed by atoms with van der Waals surface area (Å²) < 4.78 is 5.23. The van der Waals surface area contributed by atoms with E-state index in [9.17, 15) is 4.79 Å². The Morgan fingerprint density at radius 2 is 2.28 bits per heavy atom. The zero-order chi connectivity index (χ0) is 13.4. The van der Waals surface area contributed by atoms with Gasteiger partial charge in [0.2, 0.25) is 5.91 Å². The highest BCUT2D eigenvalue weighted by atomic mass is 16.3. The number of amides is 1. The van der Waals surface area contributed by atoms with E-state index in [1.54, 1.807) is 11.2 Å². The van der Waals surface area contributed by atoms with Gasteiger partial charge in [-0.25, -0.2) is 0 Å². The zero-order valence-electron chi connectivity index (χ0n) is 11.4. The summed E-state index contributed by atoms with van der Waals surface area (Å²) in [6.07, 6.45) is 5.24. The maximum atomic E-state index is 11.9. The van der Waals surface area contributed by atoms with Crippen LogP contribution in [0.15, 0.2) is 22.8 Å². The second-order valence-corrected chi connectivity index (χ2v) is 4.72. The minimum atomic E-state index is 0.168. The van der Waals surface area contributed by atoms with Gasteiger partial charge in [-0.2, -0.15) is 0 Å². The molecule has 0 bridgehead atoms. The predicted octanol–water partition coefficient (Wildman–Crippen LogP) is 2.39. The van der Waals surface area contributed by atoms with Gasteiger partial charge < -0.3 is 15.1 Å². The van der Waals surface area contributed by atoms with E-state index in [4.69, 9.17) is 10.2 Å². The third kappa shape index (κ3) is 4.92. The molecule has 0 aliphatic rings. The van der Waals surface area contributed by atoms with Gasteiger partial charge in [-0.1, -0.05) is 13.3 Å². The highest BCUT2D eigenvalue weighted by Crippen LogP contribution is 2.15. The smallest absolute Gasteiger partial charge is 0.222 e. The molecule has 0 fully saturated rings. The van der Waals surface area contributed by atoms with Crippen LogP contribution in [-0.2, 0) is 11.3 Å². The van der Waals surface area contributed by atoms with Crippen molar-refractivity contribution in [3.8, 4) is 0 Å². The molecular formula is C14H24N2O2. The molecule has 4 heteroatoms. The summed E-state index contributed by atoms with van der Waals surface area (Å²) in [6, 6.07) is 3.72. The number of carbonyl (C=O) groups is 1. The van der Waals surface area contributed by atoms with Crippen LogP contribution in [0.1, 0.15) is 38.4 Å². The Morgan fingerprint density at radius 1 is 1.50 bits per heavy atom. The Bertz CT molecular complexity index is 336. The normalized spacial score (nSPS) is 12.4. The molecule has 0 aliphatic heterocycles. The lowest BCUT2D eigenvalue weighted by atomic mass is 9.96. The number of nitrogens with two attached hydrogens (primary N) is 1. The average Bonchev–Trinajstić information content (AvgIpc) is 2.86. The first kappa shape index (κ1) is 14.8. The molecule has 18 heavy (non-hydrogen) atoms. The summed E-state index contributed by atoms with van der Waals surface area (Å²) in [6.45, 7) is 3.39. The molecule has 0 saturated carbocycles. The fourth-order valence-corrected chi connectivity index (χ4v) is 2.03. The molecule has 0 aliphatic carbocycles. The number of rotatable bonds is 8. The van der Waals surface area contributed by atoms with Crippen molar-refractivity contribution in [2.24, 2.45) is 11.7 Å². The molecule has 1 unspecified atom stereocenters. The predicted molar refractivity (Wildman–Crippen MR) is 71.9 cm³/mol. The van der Waals surface area contributed by atoms with E-state index < -0.39 is 0 Å². The third-order valence-corrected chi connectivity index (χ3v) is 3.32. The van der Waals surface area contributed by atoms with Crippen molar-refractivity contribution in [2.45, 2.75) is 39.2 Å². The van der Waals surface area contributed by atoms with E-state index in [2.05, 4.69) is 6.92 Å². The first-order chi connectivity index (χ1) is 8.67. The fraction of sp³-hybridized carbons (Fsp3) is 0.643. The van der Waals surface area contributed by atoms with Gasteiger partial charge in [0.15, 0.2) is 0 Å². The van der Waals surface area contributed by atoms with Crippen LogP contribution >= 0.6 is 0 Å². The van der Waals surface area contributed by atoms with Gasteiger partial charge in [0.05, 0.1) is 12.8 Å². The van der Waals surface area contributed by atoms with Gasteiger partial charge in [-0.3, -0.25) is 4.79 Å². The lowest BCUT2D eigenvalue weighted by Crippen LogP contribution is -2.26. The second kappa shape index (κ2) is 7.93. The molecule has 0 radical (unpaired) electrons. The van der Waals surface area contributed by atoms with Crippen molar-refractivity contribution in [3.05, 3.63) is 24.2 Å². The van der Waals surface area contributed by atoms with Crippen LogP contribution in [0.2, 0.25) is 0 Å². The molecule has 1 heterocycles. The largest absolute Gasteiger partial charge is 0.467 e. The van der Waals surface area contributed by atoms with Crippen LogP contribution in [0.4, 0.5) is 0 Å². The van der Waals surface area contributed by atoms with Gasteiger partial charge in [0.1, 0.15) is 5.76 Å². The molecule has 0 aromatic carbocycles. The van der Waals surface area contributed by atoms with Gasteiger partial charge in [0, 0.05) is 13.5 Å². The molecule has 1 aromatic heterocycles. The summed E-state index contributed by atoms with van der Waals surface area (Å²) in [5.41, 5.74) is 5.55. The van der Waals surface area contributed by atoms with Crippen LogP contribution in [0.3, 0.4) is 0 Å². The van der Waals surface area contributed by atoms with Gasteiger partial charge in [-0.15, -0.1) is 0 Å². The zero-order valence-corrected chi connectivity index (χ0v) is 11.4. The standard InChI is InChI=1S/C14H24N2O2/c1-3-12(8-9-15)6-7-14(17)16(2)11-13-5-4-10-18-13/h4-5,10,12H,3,6-9,11,15H2,1-2H3.